The van der Waals surface area contributed by atoms with E-state index in [-0.39, 0.29) is 23.4 Å². The monoisotopic (exact) mass is 393 g/mol. The molecule has 144 valence electrons. The van der Waals surface area contributed by atoms with Crippen molar-refractivity contribution >= 4 is 27.5 Å². The molecule has 0 N–H and O–H groups in total. The van der Waals surface area contributed by atoms with Crippen molar-refractivity contribution in [3.05, 3.63) is 63.5 Å². The van der Waals surface area contributed by atoms with E-state index in [1.165, 1.54) is 0 Å². The molecule has 1 fully saturated rings. The quantitative estimate of drug-likeness (QED) is 0.674. The first-order valence-corrected chi connectivity index (χ1v) is 10.9. The molecule has 1 aromatic carbocycles. The van der Waals surface area contributed by atoms with Crippen LogP contribution in [0, 0.1) is 5.92 Å². The minimum atomic E-state index is 0.0898. The second-order valence-corrected chi connectivity index (χ2v) is 8.84. The summed E-state index contributed by atoms with van der Waals surface area (Å²) in [6.07, 6.45) is 3.07. The number of carbonyl (C=O) groups is 1. The first kappa shape index (κ1) is 17.6. The van der Waals surface area contributed by atoms with Gasteiger partial charge in [-0.15, -0.1) is 11.3 Å². The van der Waals surface area contributed by atoms with Crippen LogP contribution in [0.5, 0.6) is 0 Å². The van der Waals surface area contributed by atoms with Gasteiger partial charge in [0.2, 0.25) is 0 Å². The van der Waals surface area contributed by atoms with E-state index in [1.807, 2.05) is 39.2 Å². The number of likely N-dealkylation sites (tertiary alicyclic amines) is 1. The zero-order valence-corrected chi connectivity index (χ0v) is 16.7. The van der Waals surface area contributed by atoms with Crippen molar-refractivity contribution in [2.45, 2.75) is 38.1 Å². The van der Waals surface area contributed by atoms with Crippen molar-refractivity contribution < 1.29 is 4.79 Å². The summed E-state index contributed by atoms with van der Waals surface area (Å²) < 4.78 is 3.07. The molecule has 5 rings (SSSR count). The number of nitrogens with zero attached hydrogens (tertiary/aromatic N) is 3. The Morgan fingerprint density at radius 2 is 2.14 bits per heavy atom. The number of aromatic nitrogens is 2. The molecule has 0 saturated carbocycles. The lowest BCUT2D eigenvalue weighted by Gasteiger charge is -2.47. The highest BCUT2D eigenvalue weighted by molar-refractivity contribution is 7.16. The van der Waals surface area contributed by atoms with Gasteiger partial charge in [0.15, 0.2) is 0 Å². The van der Waals surface area contributed by atoms with Crippen LogP contribution in [0.4, 0.5) is 0 Å². The van der Waals surface area contributed by atoms with E-state index in [0.29, 0.717) is 12.5 Å². The molecule has 4 heterocycles. The van der Waals surface area contributed by atoms with Gasteiger partial charge in [0, 0.05) is 42.4 Å². The molecule has 1 amide bonds. The maximum absolute atomic E-state index is 13.3. The predicted molar refractivity (Wildman–Crippen MR) is 111 cm³/mol. The maximum atomic E-state index is 13.3. The minimum Gasteiger partial charge on any atom is -0.338 e. The highest BCUT2D eigenvalue weighted by Gasteiger charge is 2.41. The number of rotatable bonds is 3. The van der Waals surface area contributed by atoms with Crippen LogP contribution >= 0.6 is 11.3 Å². The number of piperidine rings is 1. The van der Waals surface area contributed by atoms with E-state index in [0.717, 1.165) is 47.3 Å². The van der Waals surface area contributed by atoms with E-state index in [1.54, 1.807) is 17.4 Å². The number of hydrogen-bond acceptors (Lipinski definition) is 4. The van der Waals surface area contributed by atoms with Gasteiger partial charge in [0.05, 0.1) is 15.7 Å². The van der Waals surface area contributed by atoms with Gasteiger partial charge >= 0.3 is 0 Å². The second-order valence-electron chi connectivity index (χ2n) is 7.95. The molecule has 2 aliphatic rings. The van der Waals surface area contributed by atoms with Crippen molar-refractivity contribution in [2.75, 3.05) is 13.1 Å². The molecule has 3 aromatic rings. The maximum Gasteiger partial charge on any atom is 0.253 e. The van der Waals surface area contributed by atoms with Crippen molar-refractivity contribution in [2.24, 2.45) is 5.92 Å². The van der Waals surface area contributed by atoms with Crippen LogP contribution < -0.4 is 5.56 Å². The normalized spacial score (nSPS) is 23.6. The standard InChI is InChI=1S/C22H23N3O2S/c1-2-4-18-15-9-16(19-5-3-6-21(26)25(18)19)12-24(11-15)22(27)14-7-8-17-20(10-14)28-13-23-17/h3,5-8,10,13,15-16,18H,2,4,9,11-12H2,1H3/t15-,16+,18-/m0/s1. The Morgan fingerprint density at radius 1 is 1.25 bits per heavy atom. The van der Waals surface area contributed by atoms with E-state index in [2.05, 4.69) is 18.0 Å². The molecule has 0 radical (unpaired) electrons. The summed E-state index contributed by atoms with van der Waals surface area (Å²) in [5.41, 5.74) is 4.68. The van der Waals surface area contributed by atoms with Gasteiger partial charge in [-0.3, -0.25) is 9.59 Å². The average Bonchev–Trinajstić information content (AvgIpc) is 3.18. The number of fused-ring (bicyclic) bond motifs is 5. The Balaban J connectivity index is 1.49. The van der Waals surface area contributed by atoms with Crippen molar-refractivity contribution in [1.29, 1.82) is 0 Å². The molecule has 6 heteroatoms. The summed E-state index contributed by atoms with van der Waals surface area (Å²) in [5.74, 6) is 0.659. The third kappa shape index (κ3) is 2.78. The van der Waals surface area contributed by atoms with Gasteiger partial charge in [0.25, 0.3) is 11.5 Å². The van der Waals surface area contributed by atoms with Gasteiger partial charge < -0.3 is 9.47 Å². The lowest BCUT2D eigenvalue weighted by Crippen LogP contribution is -2.51. The Bertz CT molecular complexity index is 1100. The van der Waals surface area contributed by atoms with Crippen LogP contribution in [-0.2, 0) is 0 Å². The van der Waals surface area contributed by atoms with Gasteiger partial charge in [-0.1, -0.05) is 19.4 Å². The molecule has 0 unspecified atom stereocenters. The summed E-state index contributed by atoms with van der Waals surface area (Å²) in [7, 11) is 0. The Kier molecular flexibility index (Phi) is 4.31. The fourth-order valence-corrected chi connectivity index (χ4v) is 5.76. The fraction of sp³-hybridized carbons (Fsp3) is 0.409. The number of benzene rings is 1. The topological polar surface area (TPSA) is 55.2 Å². The van der Waals surface area contributed by atoms with E-state index in [9.17, 15) is 9.59 Å². The molecule has 3 atom stereocenters. The zero-order valence-electron chi connectivity index (χ0n) is 15.9. The van der Waals surface area contributed by atoms with Crippen LogP contribution in [0.25, 0.3) is 10.2 Å². The summed E-state index contributed by atoms with van der Waals surface area (Å²) in [4.78, 5) is 32.2. The number of pyridine rings is 1. The zero-order chi connectivity index (χ0) is 19.3. The lowest BCUT2D eigenvalue weighted by atomic mass is 9.77. The van der Waals surface area contributed by atoms with Crippen LogP contribution in [0.3, 0.4) is 0 Å². The molecule has 0 spiro atoms. The predicted octanol–water partition coefficient (Wildman–Crippen LogP) is 4.06. The number of carbonyl (C=O) groups excluding carboxylic acids is 1. The summed E-state index contributed by atoms with van der Waals surface area (Å²) in [6.45, 7) is 3.57. The van der Waals surface area contributed by atoms with Crippen LogP contribution in [0.2, 0.25) is 0 Å². The number of hydrogen-bond donors (Lipinski definition) is 0. The smallest absolute Gasteiger partial charge is 0.253 e. The molecule has 2 aliphatic heterocycles. The highest BCUT2D eigenvalue weighted by atomic mass is 32.1. The highest BCUT2D eigenvalue weighted by Crippen LogP contribution is 2.43. The van der Waals surface area contributed by atoms with E-state index in [4.69, 9.17) is 0 Å². The molecular formula is C22H23N3O2S. The fourth-order valence-electron chi connectivity index (χ4n) is 5.04. The van der Waals surface area contributed by atoms with Crippen LogP contribution in [0.15, 0.2) is 46.7 Å². The Hall–Kier alpha value is -2.47. The van der Waals surface area contributed by atoms with E-state index >= 15 is 0 Å². The average molecular weight is 394 g/mol. The SMILES string of the molecule is CCC[C@H]1[C@H]2C[C@H](CN(C(=O)c3ccc4ncsc4c3)C2)c2cccc(=O)n21. The third-order valence-corrected chi connectivity index (χ3v) is 7.04. The van der Waals surface area contributed by atoms with Crippen molar-refractivity contribution in [3.63, 3.8) is 0 Å². The largest absolute Gasteiger partial charge is 0.338 e. The van der Waals surface area contributed by atoms with E-state index < -0.39 is 0 Å². The Morgan fingerprint density at radius 3 is 3.00 bits per heavy atom. The van der Waals surface area contributed by atoms with Crippen LogP contribution in [0.1, 0.15) is 54.2 Å². The molecule has 2 bridgehead atoms. The molecular weight excluding hydrogens is 370 g/mol. The summed E-state index contributed by atoms with van der Waals surface area (Å²) in [6, 6.07) is 11.6. The van der Waals surface area contributed by atoms with Gasteiger partial charge in [-0.2, -0.15) is 0 Å². The van der Waals surface area contributed by atoms with Crippen molar-refractivity contribution in [1.82, 2.24) is 14.5 Å². The summed E-state index contributed by atoms with van der Waals surface area (Å²) >= 11 is 1.56. The van der Waals surface area contributed by atoms with Gasteiger partial charge in [0.1, 0.15) is 0 Å². The first-order valence-electron chi connectivity index (χ1n) is 9.99. The molecule has 5 nitrogen and oxygen atoms in total. The number of amides is 1. The minimum absolute atomic E-state index is 0.0898. The first-order chi connectivity index (χ1) is 13.7. The lowest BCUT2D eigenvalue weighted by molar-refractivity contribution is 0.0519. The van der Waals surface area contributed by atoms with Crippen molar-refractivity contribution in [3.8, 4) is 0 Å². The molecule has 28 heavy (non-hydrogen) atoms. The molecule has 2 aromatic heterocycles. The van der Waals surface area contributed by atoms with Crippen LogP contribution in [-0.4, -0.2) is 33.4 Å². The van der Waals surface area contributed by atoms with Gasteiger partial charge in [-0.25, -0.2) is 4.98 Å². The number of thiazole rings is 1. The Labute approximate surface area is 167 Å². The van der Waals surface area contributed by atoms with Gasteiger partial charge in [-0.05, 0) is 43.0 Å². The molecule has 1 saturated heterocycles. The third-order valence-electron chi connectivity index (χ3n) is 6.25. The second kappa shape index (κ2) is 6.85. The summed E-state index contributed by atoms with van der Waals surface area (Å²) in [5, 5.41) is 0. The molecule has 0 aliphatic carbocycles.